The van der Waals surface area contributed by atoms with Crippen molar-refractivity contribution in [1.29, 1.82) is 0 Å². The van der Waals surface area contributed by atoms with Crippen molar-refractivity contribution in [2.75, 3.05) is 26.2 Å². The van der Waals surface area contributed by atoms with E-state index in [0.717, 1.165) is 38.8 Å². The van der Waals surface area contributed by atoms with Crippen LogP contribution in [0.4, 0.5) is 0 Å². The first-order valence-corrected chi connectivity index (χ1v) is 7.60. The van der Waals surface area contributed by atoms with Gasteiger partial charge in [0.1, 0.15) is 0 Å². The Morgan fingerprint density at radius 1 is 1.47 bits per heavy atom. The fourth-order valence-electron chi connectivity index (χ4n) is 3.18. The molecule has 4 nitrogen and oxygen atoms in total. The molecule has 1 atom stereocenters. The lowest BCUT2D eigenvalue weighted by Crippen LogP contribution is -2.43. The molecule has 1 fully saturated rings. The number of nitrogens with zero attached hydrogens (tertiary/aromatic N) is 2. The van der Waals surface area contributed by atoms with Crippen LogP contribution in [-0.2, 0) is 4.79 Å². The van der Waals surface area contributed by atoms with Gasteiger partial charge in [-0.15, -0.1) is 0 Å². The second kappa shape index (κ2) is 7.06. The smallest absolute Gasteiger partial charge is 0.240 e. The predicted molar refractivity (Wildman–Crippen MR) is 75.6 cm³/mol. The van der Waals surface area contributed by atoms with E-state index in [4.69, 9.17) is 0 Å². The molecular formula is C15H26N2O2. The molecule has 0 aromatic heterocycles. The van der Waals surface area contributed by atoms with Gasteiger partial charge in [0.25, 0.3) is 0 Å². The normalized spacial score (nSPS) is 24.3. The van der Waals surface area contributed by atoms with Gasteiger partial charge in [-0.2, -0.15) is 0 Å². The molecule has 108 valence electrons. The summed E-state index contributed by atoms with van der Waals surface area (Å²) >= 11 is 0. The number of hydrogen-bond donors (Lipinski definition) is 1. The molecule has 4 heteroatoms. The number of likely N-dealkylation sites (tertiary alicyclic amines) is 1. The molecule has 2 aliphatic rings. The summed E-state index contributed by atoms with van der Waals surface area (Å²) in [5, 5.41) is 9.32. The molecule has 0 saturated carbocycles. The van der Waals surface area contributed by atoms with E-state index in [2.05, 4.69) is 11.0 Å². The highest BCUT2D eigenvalue weighted by Gasteiger charge is 2.27. The molecule has 0 radical (unpaired) electrons. The second-order valence-electron chi connectivity index (χ2n) is 5.53. The van der Waals surface area contributed by atoms with E-state index in [1.165, 1.54) is 18.5 Å². The Morgan fingerprint density at radius 2 is 2.32 bits per heavy atom. The van der Waals surface area contributed by atoms with E-state index in [0.29, 0.717) is 6.54 Å². The fourth-order valence-corrected chi connectivity index (χ4v) is 3.18. The standard InChI is InChI=1S/C15H26N2O2/c1-2-17(13-7-4-3-5-8-13)15(19)11-16-10-6-9-14(16)12-18/h7,14,18H,2-6,8-12H2,1H3/t14-/m1/s1. The van der Waals surface area contributed by atoms with Gasteiger partial charge in [-0.05, 0) is 52.0 Å². The van der Waals surface area contributed by atoms with Crippen LogP contribution in [-0.4, -0.2) is 53.1 Å². The molecule has 0 bridgehead atoms. The van der Waals surface area contributed by atoms with E-state index < -0.39 is 0 Å². The second-order valence-corrected chi connectivity index (χ2v) is 5.53. The monoisotopic (exact) mass is 266 g/mol. The van der Waals surface area contributed by atoms with Gasteiger partial charge in [0.05, 0.1) is 13.2 Å². The lowest BCUT2D eigenvalue weighted by Gasteiger charge is -2.30. The minimum Gasteiger partial charge on any atom is -0.395 e. The van der Waals surface area contributed by atoms with Crippen LogP contribution in [0.25, 0.3) is 0 Å². The van der Waals surface area contributed by atoms with E-state index in [1.807, 2.05) is 11.8 Å². The Labute approximate surface area is 116 Å². The molecule has 1 amide bonds. The third-order valence-corrected chi connectivity index (χ3v) is 4.28. The Bertz CT molecular complexity index is 341. The van der Waals surface area contributed by atoms with Crippen LogP contribution in [0.1, 0.15) is 45.4 Å². The Kier molecular flexibility index (Phi) is 5.40. The summed E-state index contributed by atoms with van der Waals surface area (Å²) in [7, 11) is 0. The summed E-state index contributed by atoms with van der Waals surface area (Å²) in [6.45, 7) is 4.36. The lowest BCUT2D eigenvalue weighted by atomic mass is 10.0. The van der Waals surface area contributed by atoms with Crippen molar-refractivity contribution in [2.45, 2.75) is 51.5 Å². The van der Waals surface area contributed by atoms with Crippen molar-refractivity contribution in [2.24, 2.45) is 0 Å². The van der Waals surface area contributed by atoms with Crippen LogP contribution in [0, 0.1) is 0 Å². The van der Waals surface area contributed by atoms with Crippen molar-refractivity contribution >= 4 is 5.91 Å². The Hall–Kier alpha value is -0.870. The van der Waals surface area contributed by atoms with Crippen molar-refractivity contribution in [3.63, 3.8) is 0 Å². The average Bonchev–Trinajstić information content (AvgIpc) is 2.88. The summed E-state index contributed by atoms with van der Waals surface area (Å²) in [4.78, 5) is 16.5. The topological polar surface area (TPSA) is 43.8 Å². The van der Waals surface area contributed by atoms with Crippen LogP contribution < -0.4 is 0 Å². The highest BCUT2D eigenvalue weighted by Crippen LogP contribution is 2.22. The van der Waals surface area contributed by atoms with Gasteiger partial charge in [-0.3, -0.25) is 9.69 Å². The zero-order chi connectivity index (χ0) is 13.7. The largest absolute Gasteiger partial charge is 0.395 e. The Morgan fingerprint density at radius 3 is 2.95 bits per heavy atom. The SMILES string of the molecule is CCN(C(=O)CN1CCC[C@@H]1CO)C1=CCCCC1. The molecule has 0 unspecified atom stereocenters. The summed E-state index contributed by atoms with van der Waals surface area (Å²) in [6, 6.07) is 0.183. The van der Waals surface area contributed by atoms with Crippen molar-refractivity contribution in [1.82, 2.24) is 9.80 Å². The molecule has 1 saturated heterocycles. The number of aliphatic hydroxyl groups is 1. The first-order chi connectivity index (χ1) is 9.26. The van der Waals surface area contributed by atoms with Gasteiger partial charge in [0, 0.05) is 18.3 Å². The molecule has 2 rings (SSSR count). The highest BCUT2D eigenvalue weighted by atomic mass is 16.3. The van der Waals surface area contributed by atoms with Crippen LogP contribution in [0.15, 0.2) is 11.8 Å². The number of carbonyl (C=O) groups excluding carboxylic acids is 1. The molecule has 1 aliphatic carbocycles. The zero-order valence-electron chi connectivity index (χ0n) is 12.0. The summed E-state index contributed by atoms with van der Waals surface area (Å²) in [5.74, 6) is 0.191. The van der Waals surface area contributed by atoms with Gasteiger partial charge in [0.15, 0.2) is 0 Å². The van der Waals surface area contributed by atoms with Gasteiger partial charge in [-0.25, -0.2) is 0 Å². The first kappa shape index (κ1) is 14.5. The van der Waals surface area contributed by atoms with Gasteiger partial charge in [0.2, 0.25) is 5.91 Å². The first-order valence-electron chi connectivity index (χ1n) is 7.60. The average molecular weight is 266 g/mol. The van der Waals surface area contributed by atoms with Crippen LogP contribution in [0.2, 0.25) is 0 Å². The van der Waals surface area contributed by atoms with E-state index in [9.17, 15) is 9.90 Å². The highest BCUT2D eigenvalue weighted by molar-refractivity contribution is 5.80. The number of rotatable bonds is 5. The van der Waals surface area contributed by atoms with Crippen molar-refractivity contribution in [3.8, 4) is 0 Å². The third kappa shape index (κ3) is 3.57. The predicted octanol–water partition coefficient (Wildman–Crippen LogP) is 1.75. The molecule has 1 aliphatic heterocycles. The van der Waals surface area contributed by atoms with Crippen LogP contribution in [0.3, 0.4) is 0 Å². The zero-order valence-corrected chi connectivity index (χ0v) is 12.0. The van der Waals surface area contributed by atoms with E-state index in [1.54, 1.807) is 0 Å². The van der Waals surface area contributed by atoms with E-state index in [-0.39, 0.29) is 18.6 Å². The maximum Gasteiger partial charge on any atom is 0.240 e. The minimum atomic E-state index is 0.169. The maximum absolute atomic E-state index is 12.5. The summed E-state index contributed by atoms with van der Waals surface area (Å²) in [6.07, 6.45) is 8.89. The molecule has 1 N–H and O–H groups in total. The van der Waals surface area contributed by atoms with E-state index >= 15 is 0 Å². The molecule has 19 heavy (non-hydrogen) atoms. The minimum absolute atomic E-state index is 0.169. The third-order valence-electron chi connectivity index (χ3n) is 4.28. The van der Waals surface area contributed by atoms with Crippen LogP contribution >= 0.6 is 0 Å². The lowest BCUT2D eigenvalue weighted by molar-refractivity contribution is -0.130. The van der Waals surface area contributed by atoms with Crippen molar-refractivity contribution in [3.05, 3.63) is 11.8 Å². The molecule has 1 heterocycles. The quantitative estimate of drug-likeness (QED) is 0.824. The molecule has 0 aromatic carbocycles. The van der Waals surface area contributed by atoms with Crippen molar-refractivity contribution < 1.29 is 9.90 Å². The van der Waals surface area contributed by atoms with Gasteiger partial charge in [-0.1, -0.05) is 6.08 Å². The maximum atomic E-state index is 12.5. The number of allylic oxidation sites excluding steroid dienone is 2. The van der Waals surface area contributed by atoms with Gasteiger partial charge >= 0.3 is 0 Å². The summed E-state index contributed by atoms with van der Waals surface area (Å²) < 4.78 is 0. The van der Waals surface area contributed by atoms with Gasteiger partial charge < -0.3 is 10.0 Å². The molecule has 0 spiro atoms. The number of hydrogen-bond acceptors (Lipinski definition) is 3. The molecular weight excluding hydrogens is 240 g/mol. The number of carbonyl (C=O) groups is 1. The Balaban J connectivity index is 1.95. The summed E-state index contributed by atoms with van der Waals surface area (Å²) in [5.41, 5.74) is 1.21. The number of aliphatic hydroxyl groups excluding tert-OH is 1. The fraction of sp³-hybridized carbons (Fsp3) is 0.800. The number of likely N-dealkylation sites (N-methyl/N-ethyl adjacent to an activating group) is 1. The molecule has 0 aromatic rings. The van der Waals surface area contributed by atoms with Crippen LogP contribution in [0.5, 0.6) is 0 Å². The number of amides is 1.